The van der Waals surface area contributed by atoms with Gasteiger partial charge in [-0.3, -0.25) is 4.98 Å². The molecule has 4 rings (SSSR count). The lowest BCUT2D eigenvalue weighted by molar-refractivity contribution is 0.262. The second-order valence-corrected chi connectivity index (χ2v) is 5.27. The van der Waals surface area contributed by atoms with Crippen molar-refractivity contribution in [2.75, 3.05) is 10.6 Å². The molecule has 0 bridgehead atoms. The van der Waals surface area contributed by atoms with Crippen LogP contribution in [0.5, 0.6) is 0 Å². The van der Waals surface area contributed by atoms with Crippen molar-refractivity contribution in [1.29, 1.82) is 0 Å². The number of aromatic amines is 1. The molecule has 0 aliphatic carbocycles. The Morgan fingerprint density at radius 2 is 2.00 bits per heavy atom. The normalized spacial score (nSPS) is 10.9. The maximum atomic E-state index is 13.3. The summed E-state index contributed by atoms with van der Waals surface area (Å²) in [6.07, 6.45) is 6.13. The first-order valence-electron chi connectivity index (χ1n) is 7.23. The number of nitrogens with zero attached hydrogens (tertiary/aromatic N) is 2. The molecule has 3 aromatic heterocycles. The van der Waals surface area contributed by atoms with E-state index >= 15 is 0 Å². The summed E-state index contributed by atoms with van der Waals surface area (Å²) in [5.74, 6) is -0.465. The molecule has 2 amide bonds. The molecule has 0 aliphatic heterocycles. The summed E-state index contributed by atoms with van der Waals surface area (Å²) < 4.78 is 13.3. The Morgan fingerprint density at radius 1 is 1.08 bits per heavy atom. The predicted octanol–water partition coefficient (Wildman–Crippen LogP) is 3.89. The lowest BCUT2D eigenvalue weighted by Crippen LogP contribution is -2.19. The maximum Gasteiger partial charge on any atom is 0.323 e. The summed E-state index contributed by atoms with van der Waals surface area (Å²) in [5, 5.41) is 7.90. The Labute approximate surface area is 135 Å². The van der Waals surface area contributed by atoms with E-state index < -0.39 is 11.8 Å². The van der Waals surface area contributed by atoms with Crippen molar-refractivity contribution >= 4 is 39.2 Å². The zero-order valence-electron chi connectivity index (χ0n) is 12.4. The van der Waals surface area contributed by atoms with E-state index in [2.05, 4.69) is 25.6 Å². The van der Waals surface area contributed by atoms with Gasteiger partial charge in [0.1, 0.15) is 11.5 Å². The minimum atomic E-state index is -0.465. The van der Waals surface area contributed by atoms with Crippen LogP contribution in [0.2, 0.25) is 0 Å². The van der Waals surface area contributed by atoms with Crippen LogP contribution in [0, 0.1) is 5.82 Å². The smallest absolute Gasteiger partial charge is 0.323 e. The number of pyridine rings is 2. The number of anilines is 2. The van der Waals surface area contributed by atoms with Gasteiger partial charge in [-0.05, 0) is 29.7 Å². The number of hydrogen-bond acceptors (Lipinski definition) is 3. The van der Waals surface area contributed by atoms with Crippen LogP contribution >= 0.6 is 0 Å². The number of rotatable bonds is 2. The quantitative estimate of drug-likeness (QED) is 0.524. The van der Waals surface area contributed by atoms with Gasteiger partial charge in [0.25, 0.3) is 0 Å². The molecule has 118 valence electrons. The highest BCUT2D eigenvalue weighted by Crippen LogP contribution is 2.23. The largest absolute Gasteiger partial charge is 0.344 e. The number of carbonyl (C=O) groups excluding carboxylic acids is 1. The van der Waals surface area contributed by atoms with Crippen molar-refractivity contribution in [3.8, 4) is 0 Å². The fourth-order valence-corrected chi connectivity index (χ4v) is 2.53. The molecule has 7 heteroatoms. The Balaban J connectivity index is 1.55. The second-order valence-electron chi connectivity index (χ2n) is 5.27. The highest BCUT2D eigenvalue weighted by molar-refractivity contribution is 6.05. The first-order valence-corrected chi connectivity index (χ1v) is 7.23. The van der Waals surface area contributed by atoms with Gasteiger partial charge in [0.2, 0.25) is 0 Å². The van der Waals surface area contributed by atoms with Crippen molar-refractivity contribution < 1.29 is 9.18 Å². The summed E-state index contributed by atoms with van der Waals surface area (Å²) in [6, 6.07) is 8.32. The minimum Gasteiger partial charge on any atom is -0.344 e. The van der Waals surface area contributed by atoms with E-state index in [4.69, 9.17) is 0 Å². The molecule has 24 heavy (non-hydrogen) atoms. The standard InChI is InChI=1S/C17H12FN5O/c18-12-6-14-15(9-21-16(14)20-8-12)23-17(24)22-13-2-1-10-3-4-19-7-11(10)5-13/h1-9H,(H,20,21)(H2,22,23,24). The van der Waals surface area contributed by atoms with Crippen LogP contribution in [0.15, 0.2) is 55.1 Å². The van der Waals surface area contributed by atoms with Gasteiger partial charge in [-0.2, -0.15) is 0 Å². The van der Waals surface area contributed by atoms with Crippen LogP contribution in [0.3, 0.4) is 0 Å². The first kappa shape index (κ1) is 14.1. The molecule has 0 radical (unpaired) electrons. The van der Waals surface area contributed by atoms with Crippen molar-refractivity contribution in [2.45, 2.75) is 0 Å². The minimum absolute atomic E-state index is 0.427. The Hall–Kier alpha value is -3.48. The third-order valence-electron chi connectivity index (χ3n) is 3.64. The number of nitrogens with one attached hydrogen (secondary N) is 3. The Kier molecular flexibility index (Phi) is 3.31. The molecule has 3 N–H and O–H groups in total. The fraction of sp³-hybridized carbons (Fsp3) is 0. The van der Waals surface area contributed by atoms with Crippen LogP contribution < -0.4 is 10.6 Å². The van der Waals surface area contributed by atoms with E-state index in [1.165, 1.54) is 6.07 Å². The summed E-state index contributed by atoms with van der Waals surface area (Å²) in [5.41, 5.74) is 1.59. The predicted molar refractivity (Wildman–Crippen MR) is 90.4 cm³/mol. The van der Waals surface area contributed by atoms with Crippen molar-refractivity contribution in [3.63, 3.8) is 0 Å². The zero-order chi connectivity index (χ0) is 16.5. The van der Waals surface area contributed by atoms with Crippen LogP contribution in [0.4, 0.5) is 20.6 Å². The fourth-order valence-electron chi connectivity index (χ4n) is 2.53. The average molecular weight is 321 g/mol. The topological polar surface area (TPSA) is 82.7 Å². The third kappa shape index (κ3) is 2.63. The van der Waals surface area contributed by atoms with Gasteiger partial charge in [0.05, 0.1) is 11.9 Å². The molecule has 1 aromatic carbocycles. The molecule has 0 unspecified atom stereocenters. The van der Waals surface area contributed by atoms with Gasteiger partial charge in [0, 0.05) is 35.1 Å². The molecule has 0 spiro atoms. The molecule has 0 atom stereocenters. The van der Waals surface area contributed by atoms with E-state index in [9.17, 15) is 9.18 Å². The maximum absolute atomic E-state index is 13.3. The molecule has 0 aliphatic rings. The number of H-pyrrole nitrogens is 1. The number of amides is 2. The number of benzene rings is 1. The molecule has 0 saturated carbocycles. The van der Waals surface area contributed by atoms with Crippen LogP contribution in [-0.4, -0.2) is 21.0 Å². The number of fused-ring (bicyclic) bond motifs is 2. The molecule has 0 fully saturated rings. The molecule has 3 heterocycles. The summed E-state index contributed by atoms with van der Waals surface area (Å²) >= 11 is 0. The lowest BCUT2D eigenvalue weighted by atomic mass is 10.1. The lowest BCUT2D eigenvalue weighted by Gasteiger charge is -2.07. The van der Waals surface area contributed by atoms with E-state index in [0.717, 1.165) is 17.0 Å². The molecule has 6 nitrogen and oxygen atoms in total. The van der Waals surface area contributed by atoms with Crippen molar-refractivity contribution in [2.24, 2.45) is 0 Å². The number of aromatic nitrogens is 3. The average Bonchev–Trinajstić information content (AvgIpc) is 2.97. The number of hydrogen-bond donors (Lipinski definition) is 3. The molecule has 0 saturated heterocycles. The summed E-state index contributed by atoms with van der Waals surface area (Å²) in [4.78, 5) is 23.0. The molecule has 4 aromatic rings. The third-order valence-corrected chi connectivity index (χ3v) is 3.64. The van der Waals surface area contributed by atoms with Crippen LogP contribution in [-0.2, 0) is 0 Å². The number of halogens is 1. The molecular formula is C17H12FN5O. The van der Waals surface area contributed by atoms with Gasteiger partial charge in [-0.25, -0.2) is 14.2 Å². The second kappa shape index (κ2) is 5.62. The first-order chi connectivity index (χ1) is 11.7. The number of carbonyl (C=O) groups is 1. The summed E-state index contributed by atoms with van der Waals surface area (Å²) in [7, 11) is 0. The van der Waals surface area contributed by atoms with Gasteiger partial charge in [-0.1, -0.05) is 6.07 Å². The van der Waals surface area contributed by atoms with E-state index in [1.54, 1.807) is 24.7 Å². The van der Waals surface area contributed by atoms with Gasteiger partial charge in [-0.15, -0.1) is 0 Å². The monoisotopic (exact) mass is 321 g/mol. The van der Waals surface area contributed by atoms with Gasteiger partial charge in [0.15, 0.2) is 0 Å². The van der Waals surface area contributed by atoms with Crippen LogP contribution in [0.1, 0.15) is 0 Å². The SMILES string of the molecule is O=C(Nc1ccc2ccncc2c1)Nc1c[nH]c2ncc(F)cc12. The highest BCUT2D eigenvalue weighted by Gasteiger charge is 2.09. The van der Waals surface area contributed by atoms with Crippen molar-refractivity contribution in [3.05, 3.63) is 60.9 Å². The molecular weight excluding hydrogens is 309 g/mol. The zero-order valence-corrected chi connectivity index (χ0v) is 12.4. The van der Waals surface area contributed by atoms with Gasteiger partial charge < -0.3 is 15.6 Å². The van der Waals surface area contributed by atoms with E-state index in [1.807, 2.05) is 18.2 Å². The van der Waals surface area contributed by atoms with Crippen molar-refractivity contribution in [1.82, 2.24) is 15.0 Å². The van der Waals surface area contributed by atoms with Crippen LogP contribution in [0.25, 0.3) is 21.8 Å². The highest BCUT2D eigenvalue weighted by atomic mass is 19.1. The Morgan fingerprint density at radius 3 is 2.92 bits per heavy atom. The van der Waals surface area contributed by atoms with E-state index in [0.29, 0.717) is 22.4 Å². The summed E-state index contributed by atoms with van der Waals surface area (Å²) in [6.45, 7) is 0. The van der Waals surface area contributed by atoms with Gasteiger partial charge >= 0.3 is 6.03 Å². The number of urea groups is 1. The Bertz CT molecular complexity index is 1060. The van der Waals surface area contributed by atoms with E-state index in [-0.39, 0.29) is 0 Å².